The summed E-state index contributed by atoms with van der Waals surface area (Å²) >= 11 is 34.6. The van der Waals surface area contributed by atoms with Crippen LogP contribution in [0.25, 0.3) is 0 Å². The molecule has 1 fully saturated rings. The lowest BCUT2D eigenvalue weighted by atomic mass is 9.89. The van der Waals surface area contributed by atoms with Crippen LogP contribution in [0.3, 0.4) is 0 Å². The molecule has 0 heterocycles. The fraction of sp³-hybridized carbons (Fsp3) is 0.325. The van der Waals surface area contributed by atoms with E-state index in [1.807, 2.05) is 20.8 Å². The van der Waals surface area contributed by atoms with Gasteiger partial charge >= 0.3 is 24.3 Å². The first kappa shape index (κ1) is 51.0. The number of urea groups is 3. The number of nitrogens with one attached hydrogen (secondary N) is 6. The smallest absolute Gasteiger partial charge is 0.416 e. The van der Waals surface area contributed by atoms with Gasteiger partial charge in [0.25, 0.3) is 0 Å². The van der Waals surface area contributed by atoms with Crippen molar-refractivity contribution >= 4 is 105 Å². The highest BCUT2D eigenvalue weighted by Gasteiger charge is 2.30. The lowest BCUT2D eigenvalue weighted by Gasteiger charge is -2.21. The van der Waals surface area contributed by atoms with Crippen LogP contribution in [0, 0.1) is 5.92 Å². The molecular formula is C40H43Cl6F3N6O6. The number of amides is 6. The molecule has 4 aromatic carbocycles. The number of aromatic hydroxyl groups is 3. The first-order chi connectivity index (χ1) is 28.4. The summed E-state index contributed by atoms with van der Waals surface area (Å²) in [5.41, 5.74) is -0.270. The first-order valence-electron chi connectivity index (χ1n) is 18.3. The number of phenols is 3. The summed E-state index contributed by atoms with van der Waals surface area (Å²) in [7, 11) is 0. The van der Waals surface area contributed by atoms with Gasteiger partial charge in [0.15, 0.2) is 17.2 Å². The van der Waals surface area contributed by atoms with E-state index in [1.165, 1.54) is 67.8 Å². The lowest BCUT2D eigenvalue weighted by molar-refractivity contribution is -0.137. The van der Waals surface area contributed by atoms with E-state index >= 15 is 0 Å². The third-order valence-corrected chi connectivity index (χ3v) is 9.85. The van der Waals surface area contributed by atoms with Crippen molar-refractivity contribution in [2.45, 2.75) is 71.1 Å². The molecule has 1 aliphatic carbocycles. The molecule has 21 heteroatoms. The average Bonchev–Trinajstić information content (AvgIpc) is 3.16. The van der Waals surface area contributed by atoms with Crippen molar-refractivity contribution in [3.63, 3.8) is 0 Å². The molecule has 1 aliphatic rings. The van der Waals surface area contributed by atoms with Gasteiger partial charge in [0, 0.05) is 33.7 Å². The Morgan fingerprint density at radius 2 is 1.00 bits per heavy atom. The molecule has 5 rings (SSSR count). The number of rotatable bonds is 7. The molecule has 12 nitrogen and oxygen atoms in total. The normalized spacial score (nSPS) is 12.7. The Bertz CT molecular complexity index is 2150. The number of anilines is 3. The Morgan fingerprint density at radius 1 is 0.607 bits per heavy atom. The van der Waals surface area contributed by atoms with E-state index in [2.05, 4.69) is 31.9 Å². The maximum Gasteiger partial charge on any atom is 0.416 e. The maximum atomic E-state index is 12.5. The molecule has 6 amide bonds. The number of carbonyl (C=O) groups excluding carboxylic acids is 3. The maximum absolute atomic E-state index is 12.5. The number of benzene rings is 4. The quantitative estimate of drug-likeness (QED) is 0.0830. The monoisotopic (exact) mass is 970 g/mol. The van der Waals surface area contributed by atoms with Gasteiger partial charge in [-0.05, 0) is 93.6 Å². The molecular weight excluding hydrogens is 930 g/mol. The number of carbonyl (C=O) groups is 3. The van der Waals surface area contributed by atoms with Crippen molar-refractivity contribution < 1.29 is 42.9 Å². The molecule has 0 aliphatic heterocycles. The van der Waals surface area contributed by atoms with Crippen LogP contribution in [-0.4, -0.2) is 45.5 Å². The van der Waals surface area contributed by atoms with Gasteiger partial charge in [-0.25, -0.2) is 14.4 Å². The highest BCUT2D eigenvalue weighted by Crippen LogP contribution is 2.37. The zero-order valence-corrected chi connectivity index (χ0v) is 37.3. The highest BCUT2D eigenvalue weighted by molar-refractivity contribution is 6.37. The topological polar surface area (TPSA) is 184 Å². The third-order valence-electron chi connectivity index (χ3n) is 8.33. The Morgan fingerprint density at radius 3 is 1.39 bits per heavy atom. The van der Waals surface area contributed by atoms with E-state index in [4.69, 9.17) is 69.6 Å². The van der Waals surface area contributed by atoms with Gasteiger partial charge in [-0.2, -0.15) is 13.2 Å². The minimum atomic E-state index is -4.41. The third kappa shape index (κ3) is 17.9. The summed E-state index contributed by atoms with van der Waals surface area (Å²) in [6.07, 6.45) is 1.67. The summed E-state index contributed by atoms with van der Waals surface area (Å²) in [4.78, 5) is 35.2. The molecule has 0 bridgehead atoms. The van der Waals surface area contributed by atoms with Crippen LogP contribution >= 0.6 is 69.6 Å². The predicted octanol–water partition coefficient (Wildman–Crippen LogP) is 13.1. The van der Waals surface area contributed by atoms with Gasteiger partial charge < -0.3 is 47.2 Å². The standard InChI is InChI=1S/C15H11Cl2F3N2O2.C14H18Cl2N2O2.C11H14Cl2N2O2/c16-10-5-11(17)13(23)12(6-10)22-14(24)21-7-8-1-3-9(4-2-8)15(18,19)20;15-10-6-11(16)13(19)12(7-10)18-14(20)17-8-9-4-2-1-3-5-9;1-11(2,3)15-10(17)14-8-5-6(12)4-7(13)9(8)16/h1-6,23H,7H2,(H2,21,22,24);6-7,9,19H,1-5,8H2,(H2,17,18,20);4-5,16H,1-3H3,(H2,14,15,17). The number of hydrogen-bond acceptors (Lipinski definition) is 6. The van der Waals surface area contributed by atoms with E-state index < -0.39 is 23.8 Å². The Hall–Kier alpha value is -4.38. The SMILES string of the molecule is CC(C)(C)NC(=O)Nc1cc(Cl)cc(Cl)c1O.O=C(NCC1CCCCC1)Nc1cc(Cl)cc(Cl)c1O.O=C(NCc1ccc(C(F)(F)F)cc1)Nc1cc(Cl)cc(Cl)c1O. The van der Waals surface area contributed by atoms with Crippen LogP contribution in [0.4, 0.5) is 44.6 Å². The number of phenolic OH excluding ortho intramolecular Hbond substituents is 3. The van der Waals surface area contributed by atoms with Gasteiger partial charge in [-0.1, -0.05) is 101 Å². The summed E-state index contributed by atoms with van der Waals surface area (Å²) in [5.74, 6) is -0.180. The zero-order valence-electron chi connectivity index (χ0n) is 32.8. The second-order valence-electron chi connectivity index (χ2n) is 14.5. The number of alkyl halides is 3. The van der Waals surface area contributed by atoms with Crippen LogP contribution in [0.1, 0.15) is 64.0 Å². The molecule has 0 radical (unpaired) electrons. The molecule has 61 heavy (non-hydrogen) atoms. The first-order valence-corrected chi connectivity index (χ1v) is 20.6. The fourth-order valence-corrected chi connectivity index (χ4v) is 6.91. The summed E-state index contributed by atoms with van der Waals surface area (Å²) in [5, 5.41) is 45.5. The molecule has 0 aromatic heterocycles. The molecule has 0 saturated heterocycles. The largest absolute Gasteiger partial charge is 0.504 e. The van der Waals surface area contributed by atoms with Gasteiger partial charge in [0.1, 0.15) is 0 Å². The van der Waals surface area contributed by atoms with E-state index in [9.17, 15) is 42.9 Å². The van der Waals surface area contributed by atoms with Crippen LogP contribution in [0.2, 0.25) is 30.1 Å². The molecule has 4 aromatic rings. The molecule has 0 unspecified atom stereocenters. The minimum absolute atomic E-state index is 0.000962. The highest BCUT2D eigenvalue weighted by atomic mass is 35.5. The van der Waals surface area contributed by atoms with Crippen molar-refractivity contribution in [2.24, 2.45) is 5.92 Å². The summed E-state index contributed by atoms with van der Waals surface area (Å²) in [6.45, 7) is 6.19. The van der Waals surface area contributed by atoms with Gasteiger partial charge in [-0.3, -0.25) is 0 Å². The van der Waals surface area contributed by atoms with Crippen molar-refractivity contribution in [3.05, 3.63) is 102 Å². The lowest BCUT2D eigenvalue weighted by Crippen LogP contribution is -2.43. The van der Waals surface area contributed by atoms with Crippen molar-refractivity contribution in [1.82, 2.24) is 16.0 Å². The van der Waals surface area contributed by atoms with Crippen LogP contribution in [-0.2, 0) is 12.7 Å². The van der Waals surface area contributed by atoms with E-state index in [0.717, 1.165) is 25.0 Å². The molecule has 0 spiro atoms. The average molecular weight is 974 g/mol. The van der Waals surface area contributed by atoms with E-state index in [0.29, 0.717) is 28.1 Å². The second kappa shape index (κ2) is 23.2. The summed E-state index contributed by atoms with van der Waals surface area (Å²) < 4.78 is 37.4. The van der Waals surface area contributed by atoms with Crippen molar-refractivity contribution in [2.75, 3.05) is 22.5 Å². The molecule has 332 valence electrons. The van der Waals surface area contributed by atoms with E-state index in [-0.39, 0.29) is 72.5 Å². The van der Waals surface area contributed by atoms with Gasteiger partial charge in [0.2, 0.25) is 0 Å². The molecule has 9 N–H and O–H groups in total. The van der Waals surface area contributed by atoms with Crippen LogP contribution in [0.15, 0.2) is 60.7 Å². The Kier molecular flexibility index (Phi) is 19.4. The molecule has 0 atom stereocenters. The number of halogens is 9. The predicted molar refractivity (Wildman–Crippen MR) is 237 cm³/mol. The van der Waals surface area contributed by atoms with E-state index in [1.54, 1.807) is 0 Å². The summed E-state index contributed by atoms with van der Waals surface area (Å²) in [6, 6.07) is 11.2. The molecule has 1 saturated carbocycles. The van der Waals surface area contributed by atoms with Gasteiger partial charge in [-0.15, -0.1) is 0 Å². The van der Waals surface area contributed by atoms with Crippen LogP contribution < -0.4 is 31.9 Å². The minimum Gasteiger partial charge on any atom is -0.504 e. The van der Waals surface area contributed by atoms with Crippen molar-refractivity contribution in [3.8, 4) is 17.2 Å². The second-order valence-corrected chi connectivity index (χ2v) is 17.1. The van der Waals surface area contributed by atoms with Crippen LogP contribution in [0.5, 0.6) is 17.2 Å². The number of hydrogen-bond donors (Lipinski definition) is 9. The zero-order chi connectivity index (χ0) is 45.7. The Labute approximate surface area is 380 Å². The Balaban J connectivity index is 0.000000248. The van der Waals surface area contributed by atoms with Crippen molar-refractivity contribution in [1.29, 1.82) is 0 Å². The van der Waals surface area contributed by atoms with Gasteiger partial charge in [0.05, 0.1) is 37.7 Å². The fourth-order valence-electron chi connectivity index (χ4n) is 5.43.